The van der Waals surface area contributed by atoms with E-state index in [4.69, 9.17) is 0 Å². The van der Waals surface area contributed by atoms with Gasteiger partial charge in [0.05, 0.1) is 0 Å². The number of hydrogen-bond donors (Lipinski definition) is 0. The highest BCUT2D eigenvalue weighted by Crippen LogP contribution is 2.28. The molecule has 0 bridgehead atoms. The summed E-state index contributed by atoms with van der Waals surface area (Å²) < 4.78 is 27.2. The first-order valence-corrected chi connectivity index (χ1v) is 7.23. The molecule has 0 aromatic carbocycles. The highest BCUT2D eigenvalue weighted by atomic mass is 19.1. The molecule has 0 saturated carbocycles. The normalized spacial score (nSPS) is 36.7. The molecule has 106 valence electrons. The molecular weight excluding hydrogens is 234 g/mol. The van der Waals surface area contributed by atoms with Crippen molar-refractivity contribution in [2.45, 2.75) is 58.0 Å². The first kappa shape index (κ1) is 14.2. The molecule has 2 nitrogen and oxygen atoms in total. The van der Waals surface area contributed by atoms with E-state index >= 15 is 0 Å². The second kappa shape index (κ2) is 5.83. The Bertz CT molecular complexity index is 273. The lowest BCUT2D eigenvalue weighted by Crippen LogP contribution is -2.34. The Morgan fingerprint density at radius 3 is 2.28 bits per heavy atom. The Labute approximate surface area is 109 Å². The molecule has 2 heterocycles. The number of nitrogens with zero attached hydrogens (tertiary/aromatic N) is 2. The summed E-state index contributed by atoms with van der Waals surface area (Å²) in [5, 5.41) is 0. The molecule has 0 radical (unpaired) electrons. The lowest BCUT2D eigenvalue weighted by atomic mass is 9.98. The van der Waals surface area contributed by atoms with Gasteiger partial charge in [0.1, 0.15) is 12.3 Å². The van der Waals surface area contributed by atoms with Crippen molar-refractivity contribution in [2.75, 3.05) is 26.2 Å². The van der Waals surface area contributed by atoms with Crippen LogP contribution in [0, 0.1) is 5.92 Å². The zero-order valence-corrected chi connectivity index (χ0v) is 11.8. The molecule has 4 heteroatoms. The third-order valence-corrected chi connectivity index (χ3v) is 4.55. The van der Waals surface area contributed by atoms with Crippen LogP contribution in [0.3, 0.4) is 0 Å². The summed E-state index contributed by atoms with van der Waals surface area (Å²) in [5.74, 6) is 0.126. The molecule has 2 aliphatic heterocycles. The minimum absolute atomic E-state index is 0.126. The smallest absolute Gasteiger partial charge is 0.117 e. The van der Waals surface area contributed by atoms with Crippen molar-refractivity contribution in [2.24, 2.45) is 5.92 Å². The fraction of sp³-hybridized carbons (Fsp3) is 1.00. The average molecular weight is 260 g/mol. The van der Waals surface area contributed by atoms with E-state index in [0.29, 0.717) is 31.6 Å². The van der Waals surface area contributed by atoms with Crippen LogP contribution >= 0.6 is 0 Å². The molecule has 0 aromatic heterocycles. The average Bonchev–Trinajstić information content (AvgIpc) is 2.86. The predicted octanol–water partition coefficient (Wildman–Crippen LogP) is 2.49. The molecule has 0 aliphatic carbocycles. The Morgan fingerprint density at radius 2 is 1.78 bits per heavy atom. The van der Waals surface area contributed by atoms with Crippen molar-refractivity contribution in [1.29, 1.82) is 0 Å². The third-order valence-electron chi connectivity index (χ3n) is 4.55. The number of rotatable bonds is 4. The van der Waals surface area contributed by atoms with Gasteiger partial charge in [-0.2, -0.15) is 0 Å². The fourth-order valence-electron chi connectivity index (χ4n) is 3.24. The summed E-state index contributed by atoms with van der Waals surface area (Å²) in [6.07, 6.45) is 0.117. The SMILES string of the molecule is CC(C)N1CC(F)C(CC(C)N2CC[C@@H](F)C2)C1. The van der Waals surface area contributed by atoms with E-state index in [1.807, 2.05) is 0 Å². The fourth-order valence-corrected chi connectivity index (χ4v) is 3.24. The van der Waals surface area contributed by atoms with Gasteiger partial charge in [-0.25, -0.2) is 8.78 Å². The van der Waals surface area contributed by atoms with Crippen LogP contribution in [0.15, 0.2) is 0 Å². The van der Waals surface area contributed by atoms with Crippen LogP contribution in [0.5, 0.6) is 0 Å². The van der Waals surface area contributed by atoms with Gasteiger partial charge < -0.3 is 0 Å². The van der Waals surface area contributed by atoms with E-state index < -0.39 is 12.3 Å². The second-order valence-electron chi connectivity index (χ2n) is 6.29. The Kier molecular flexibility index (Phi) is 4.59. The van der Waals surface area contributed by atoms with Gasteiger partial charge in [0.25, 0.3) is 0 Å². The molecular formula is C14H26F2N2. The molecule has 2 fully saturated rings. The summed E-state index contributed by atoms with van der Waals surface area (Å²) >= 11 is 0. The predicted molar refractivity (Wildman–Crippen MR) is 70.3 cm³/mol. The van der Waals surface area contributed by atoms with E-state index in [9.17, 15) is 8.78 Å². The number of halogens is 2. The van der Waals surface area contributed by atoms with E-state index in [-0.39, 0.29) is 5.92 Å². The Morgan fingerprint density at radius 1 is 1.06 bits per heavy atom. The highest BCUT2D eigenvalue weighted by molar-refractivity contribution is 4.89. The van der Waals surface area contributed by atoms with Gasteiger partial charge in [-0.05, 0) is 33.6 Å². The van der Waals surface area contributed by atoms with Crippen molar-refractivity contribution in [3.05, 3.63) is 0 Å². The van der Waals surface area contributed by atoms with Gasteiger partial charge in [0.15, 0.2) is 0 Å². The summed E-state index contributed by atoms with van der Waals surface area (Å²) in [6.45, 7) is 9.15. The molecule has 2 rings (SSSR count). The van der Waals surface area contributed by atoms with E-state index in [0.717, 1.165) is 19.5 Å². The van der Waals surface area contributed by atoms with Gasteiger partial charge in [0.2, 0.25) is 0 Å². The zero-order chi connectivity index (χ0) is 13.3. The molecule has 2 saturated heterocycles. The standard InChI is InChI=1S/C14H26F2N2/c1-10(2)18-7-12(14(16)9-18)6-11(3)17-5-4-13(15)8-17/h10-14H,4-9H2,1-3H3/t11?,12?,13-,14?/m1/s1. The maximum atomic E-state index is 14.0. The minimum Gasteiger partial charge on any atom is -0.298 e. The largest absolute Gasteiger partial charge is 0.298 e. The molecule has 0 amide bonds. The summed E-state index contributed by atoms with van der Waals surface area (Å²) in [7, 11) is 0. The zero-order valence-electron chi connectivity index (χ0n) is 11.8. The van der Waals surface area contributed by atoms with Gasteiger partial charge in [-0.3, -0.25) is 9.80 Å². The van der Waals surface area contributed by atoms with E-state index in [1.165, 1.54) is 0 Å². The van der Waals surface area contributed by atoms with Crippen LogP contribution in [-0.2, 0) is 0 Å². The molecule has 2 aliphatic rings. The quantitative estimate of drug-likeness (QED) is 0.766. The first-order valence-electron chi connectivity index (χ1n) is 7.23. The Balaban J connectivity index is 1.82. The minimum atomic E-state index is -0.710. The molecule has 0 spiro atoms. The van der Waals surface area contributed by atoms with Crippen LogP contribution in [0.25, 0.3) is 0 Å². The second-order valence-corrected chi connectivity index (χ2v) is 6.29. The number of alkyl halides is 2. The van der Waals surface area contributed by atoms with Crippen molar-refractivity contribution < 1.29 is 8.78 Å². The summed E-state index contributed by atoms with van der Waals surface area (Å²) in [5.41, 5.74) is 0. The van der Waals surface area contributed by atoms with Gasteiger partial charge in [-0.1, -0.05) is 0 Å². The van der Waals surface area contributed by atoms with Crippen LogP contribution in [0.2, 0.25) is 0 Å². The van der Waals surface area contributed by atoms with Crippen molar-refractivity contribution in [1.82, 2.24) is 9.80 Å². The molecule has 18 heavy (non-hydrogen) atoms. The van der Waals surface area contributed by atoms with E-state index in [1.54, 1.807) is 0 Å². The monoisotopic (exact) mass is 260 g/mol. The van der Waals surface area contributed by atoms with Gasteiger partial charge in [0, 0.05) is 44.2 Å². The van der Waals surface area contributed by atoms with Crippen molar-refractivity contribution in [3.63, 3.8) is 0 Å². The maximum Gasteiger partial charge on any atom is 0.117 e. The van der Waals surface area contributed by atoms with Crippen LogP contribution in [0.1, 0.15) is 33.6 Å². The maximum absolute atomic E-state index is 14.0. The van der Waals surface area contributed by atoms with E-state index in [2.05, 4.69) is 30.6 Å². The molecule has 3 unspecified atom stereocenters. The van der Waals surface area contributed by atoms with Gasteiger partial charge >= 0.3 is 0 Å². The lowest BCUT2D eigenvalue weighted by Gasteiger charge is -2.27. The van der Waals surface area contributed by atoms with Crippen LogP contribution < -0.4 is 0 Å². The molecule has 4 atom stereocenters. The van der Waals surface area contributed by atoms with Crippen molar-refractivity contribution >= 4 is 0 Å². The van der Waals surface area contributed by atoms with Gasteiger partial charge in [-0.15, -0.1) is 0 Å². The molecule has 0 N–H and O–H groups in total. The summed E-state index contributed by atoms with van der Waals surface area (Å²) in [6, 6.07) is 0.728. The highest BCUT2D eigenvalue weighted by Gasteiger charge is 2.36. The van der Waals surface area contributed by atoms with Crippen molar-refractivity contribution in [3.8, 4) is 0 Å². The Hall–Kier alpha value is -0.220. The topological polar surface area (TPSA) is 6.48 Å². The lowest BCUT2D eigenvalue weighted by molar-refractivity contribution is 0.177. The number of likely N-dealkylation sites (tertiary alicyclic amines) is 2. The first-order chi connectivity index (χ1) is 8.47. The number of hydrogen-bond acceptors (Lipinski definition) is 2. The molecule has 0 aromatic rings. The third kappa shape index (κ3) is 3.21. The van der Waals surface area contributed by atoms with Crippen LogP contribution in [0.4, 0.5) is 8.78 Å². The van der Waals surface area contributed by atoms with Crippen LogP contribution in [-0.4, -0.2) is 60.4 Å². The summed E-state index contributed by atoms with van der Waals surface area (Å²) in [4.78, 5) is 4.39.